The Morgan fingerprint density at radius 1 is 1.05 bits per heavy atom. The highest BCUT2D eigenvalue weighted by Gasteiger charge is 2.43. The van der Waals surface area contributed by atoms with Gasteiger partial charge in [0.1, 0.15) is 6.10 Å². The van der Waals surface area contributed by atoms with Crippen molar-refractivity contribution in [2.75, 3.05) is 13.7 Å². The molecule has 1 heterocycles. The minimum atomic E-state index is -0.0622. The Labute approximate surface area is 129 Å². The first-order valence-corrected chi connectivity index (χ1v) is 7.88. The smallest absolute Gasteiger partial charge is 0.128 e. The van der Waals surface area contributed by atoms with E-state index in [4.69, 9.17) is 9.57 Å². The normalized spacial score (nSPS) is 22.9. The van der Waals surface area contributed by atoms with Gasteiger partial charge in [-0.05, 0) is 52.5 Å². The molecular formula is C18H29NO2. The molecule has 1 aliphatic heterocycles. The Balaban J connectivity index is 2.22. The molecule has 1 aromatic carbocycles. The molecule has 2 rings (SSSR count). The minimum Gasteiger partial charge on any atom is -0.382 e. The molecule has 1 aromatic rings. The summed E-state index contributed by atoms with van der Waals surface area (Å²) in [5, 5.41) is 2.21. The van der Waals surface area contributed by atoms with Crippen molar-refractivity contribution in [2.24, 2.45) is 0 Å². The molecular weight excluding hydrogens is 262 g/mol. The average molecular weight is 291 g/mol. The maximum absolute atomic E-state index is 6.46. The van der Waals surface area contributed by atoms with Gasteiger partial charge in [0.2, 0.25) is 0 Å². The molecule has 21 heavy (non-hydrogen) atoms. The van der Waals surface area contributed by atoms with Crippen LogP contribution in [0.5, 0.6) is 0 Å². The number of piperidine rings is 1. The predicted octanol–water partition coefficient (Wildman–Crippen LogP) is 4.35. The second-order valence-corrected chi connectivity index (χ2v) is 7.23. The second-order valence-electron chi connectivity index (χ2n) is 7.23. The molecule has 0 aromatic heterocycles. The van der Waals surface area contributed by atoms with Gasteiger partial charge >= 0.3 is 0 Å². The Hall–Kier alpha value is -0.900. The second kappa shape index (κ2) is 6.47. The van der Waals surface area contributed by atoms with Crippen LogP contribution in [0.3, 0.4) is 0 Å². The van der Waals surface area contributed by atoms with Gasteiger partial charge in [0.15, 0.2) is 0 Å². The number of ether oxygens (including phenoxy) is 1. The number of hydrogen-bond donors (Lipinski definition) is 0. The monoisotopic (exact) mass is 291 g/mol. The van der Waals surface area contributed by atoms with Gasteiger partial charge in [0, 0.05) is 18.2 Å². The third kappa shape index (κ3) is 3.85. The lowest BCUT2D eigenvalue weighted by Gasteiger charge is -2.52. The number of nitrogens with zero attached hydrogens (tertiary/aromatic N) is 1. The van der Waals surface area contributed by atoms with Crippen molar-refractivity contribution in [3.8, 4) is 0 Å². The van der Waals surface area contributed by atoms with Crippen molar-refractivity contribution in [2.45, 2.75) is 64.1 Å². The van der Waals surface area contributed by atoms with Crippen LogP contribution < -0.4 is 0 Å². The molecule has 0 bridgehead atoms. The molecule has 3 nitrogen and oxygen atoms in total. The van der Waals surface area contributed by atoms with E-state index in [0.29, 0.717) is 6.61 Å². The van der Waals surface area contributed by atoms with E-state index >= 15 is 0 Å². The number of methoxy groups -OCH3 is 1. The van der Waals surface area contributed by atoms with Crippen molar-refractivity contribution in [1.29, 1.82) is 0 Å². The fourth-order valence-electron chi connectivity index (χ4n) is 3.40. The van der Waals surface area contributed by atoms with Crippen LogP contribution in [0.2, 0.25) is 0 Å². The molecule has 3 heteroatoms. The lowest BCUT2D eigenvalue weighted by Crippen LogP contribution is -2.58. The summed E-state index contributed by atoms with van der Waals surface area (Å²) in [4.78, 5) is 6.46. The van der Waals surface area contributed by atoms with Crippen LogP contribution >= 0.6 is 0 Å². The zero-order valence-corrected chi connectivity index (χ0v) is 14.1. The summed E-state index contributed by atoms with van der Waals surface area (Å²) >= 11 is 0. The van der Waals surface area contributed by atoms with E-state index in [1.54, 1.807) is 7.11 Å². The summed E-state index contributed by atoms with van der Waals surface area (Å²) in [6, 6.07) is 10.3. The summed E-state index contributed by atoms with van der Waals surface area (Å²) in [6.45, 7) is 9.63. The van der Waals surface area contributed by atoms with Gasteiger partial charge in [-0.2, -0.15) is 5.06 Å². The topological polar surface area (TPSA) is 21.7 Å². The van der Waals surface area contributed by atoms with E-state index in [1.807, 2.05) is 18.2 Å². The van der Waals surface area contributed by atoms with Crippen molar-refractivity contribution in [1.82, 2.24) is 5.06 Å². The molecule has 1 fully saturated rings. The van der Waals surface area contributed by atoms with Crippen molar-refractivity contribution in [3.05, 3.63) is 35.9 Å². The zero-order valence-electron chi connectivity index (χ0n) is 14.1. The number of hydrogen-bond acceptors (Lipinski definition) is 3. The summed E-state index contributed by atoms with van der Waals surface area (Å²) in [6.07, 6.45) is 3.50. The molecule has 1 saturated heterocycles. The Morgan fingerprint density at radius 2 is 1.62 bits per heavy atom. The first-order valence-electron chi connectivity index (χ1n) is 7.88. The van der Waals surface area contributed by atoms with Gasteiger partial charge in [-0.1, -0.05) is 30.3 Å². The lowest BCUT2D eigenvalue weighted by molar-refractivity contribution is -0.312. The van der Waals surface area contributed by atoms with Crippen LogP contribution in [0, 0.1) is 0 Å². The summed E-state index contributed by atoms with van der Waals surface area (Å²) < 4.78 is 5.38. The van der Waals surface area contributed by atoms with Crippen LogP contribution in [-0.4, -0.2) is 29.9 Å². The first-order chi connectivity index (χ1) is 9.87. The standard InChI is InChI=1S/C18H29NO2/c1-17(2)12-9-13-18(3,4)19(17)21-16(14-20-5)15-10-7-6-8-11-15/h6-8,10-11,16H,9,12-14H2,1-5H3. The molecule has 118 valence electrons. The first kappa shape index (κ1) is 16.5. The van der Waals surface area contributed by atoms with E-state index in [2.05, 4.69) is 44.9 Å². The quantitative estimate of drug-likeness (QED) is 0.805. The number of benzene rings is 1. The van der Waals surface area contributed by atoms with Gasteiger partial charge in [0.25, 0.3) is 0 Å². The Kier molecular flexibility index (Phi) is 5.07. The third-order valence-corrected chi connectivity index (χ3v) is 4.40. The van der Waals surface area contributed by atoms with E-state index in [9.17, 15) is 0 Å². The van der Waals surface area contributed by atoms with Gasteiger partial charge in [-0.3, -0.25) is 4.84 Å². The van der Waals surface area contributed by atoms with E-state index in [1.165, 1.54) is 6.42 Å². The van der Waals surface area contributed by atoms with E-state index < -0.39 is 0 Å². The zero-order chi connectivity index (χ0) is 15.5. The lowest BCUT2D eigenvalue weighted by atomic mass is 9.82. The molecule has 0 amide bonds. The number of rotatable bonds is 5. The van der Waals surface area contributed by atoms with Crippen LogP contribution in [-0.2, 0) is 9.57 Å². The van der Waals surface area contributed by atoms with E-state index in [0.717, 1.165) is 18.4 Å². The molecule has 0 aliphatic carbocycles. The maximum atomic E-state index is 6.46. The third-order valence-electron chi connectivity index (χ3n) is 4.40. The molecule has 1 unspecified atom stereocenters. The van der Waals surface area contributed by atoms with Crippen LogP contribution in [0.1, 0.15) is 58.6 Å². The molecule has 0 N–H and O–H groups in total. The van der Waals surface area contributed by atoms with Gasteiger partial charge in [-0.15, -0.1) is 0 Å². The molecule has 1 aliphatic rings. The van der Waals surface area contributed by atoms with Crippen molar-refractivity contribution < 1.29 is 9.57 Å². The molecule has 1 atom stereocenters. The molecule has 0 saturated carbocycles. The highest BCUT2D eigenvalue weighted by Crippen LogP contribution is 2.40. The molecule has 0 spiro atoms. The van der Waals surface area contributed by atoms with Crippen LogP contribution in [0.4, 0.5) is 0 Å². The van der Waals surface area contributed by atoms with Crippen LogP contribution in [0.15, 0.2) is 30.3 Å². The average Bonchev–Trinajstić information content (AvgIpc) is 2.42. The largest absolute Gasteiger partial charge is 0.382 e. The highest BCUT2D eigenvalue weighted by molar-refractivity contribution is 5.17. The number of hydroxylamine groups is 2. The van der Waals surface area contributed by atoms with Gasteiger partial charge in [0.05, 0.1) is 6.61 Å². The highest BCUT2D eigenvalue weighted by atomic mass is 16.7. The van der Waals surface area contributed by atoms with Crippen molar-refractivity contribution >= 4 is 0 Å². The molecule has 0 radical (unpaired) electrons. The Morgan fingerprint density at radius 3 is 2.14 bits per heavy atom. The van der Waals surface area contributed by atoms with Crippen LogP contribution in [0.25, 0.3) is 0 Å². The predicted molar refractivity (Wildman–Crippen MR) is 86.0 cm³/mol. The summed E-state index contributed by atoms with van der Waals surface area (Å²) in [5.74, 6) is 0. The van der Waals surface area contributed by atoms with Crippen molar-refractivity contribution in [3.63, 3.8) is 0 Å². The SMILES string of the molecule is COCC(ON1C(C)(C)CCCC1(C)C)c1ccccc1. The van der Waals surface area contributed by atoms with Gasteiger partial charge < -0.3 is 4.74 Å². The fourth-order valence-corrected chi connectivity index (χ4v) is 3.40. The summed E-state index contributed by atoms with van der Waals surface area (Å²) in [5.41, 5.74) is 1.25. The fraction of sp³-hybridized carbons (Fsp3) is 0.667. The summed E-state index contributed by atoms with van der Waals surface area (Å²) in [7, 11) is 1.73. The van der Waals surface area contributed by atoms with Gasteiger partial charge in [-0.25, -0.2) is 0 Å². The van der Waals surface area contributed by atoms with E-state index in [-0.39, 0.29) is 17.2 Å². The Bertz CT molecular complexity index is 426. The minimum absolute atomic E-state index is 0.0442. The maximum Gasteiger partial charge on any atom is 0.128 e.